The second-order valence-corrected chi connectivity index (χ2v) is 8.75. The van der Waals surface area contributed by atoms with E-state index in [9.17, 15) is 24.6 Å². The molecule has 1 aliphatic rings. The number of aliphatic carboxylic acids is 2. The Hall–Kier alpha value is -2.65. The molecule has 2 atom stereocenters. The molecule has 0 aromatic heterocycles. The Kier molecular flexibility index (Phi) is 11.8. The molecule has 0 spiro atoms. The number of anilines is 1. The van der Waals surface area contributed by atoms with E-state index in [2.05, 4.69) is 24.1 Å². The molecule has 2 rings (SSSR count). The average Bonchev–Trinajstić information content (AvgIpc) is 2.93. The summed E-state index contributed by atoms with van der Waals surface area (Å²) in [6.45, 7) is 6.80. The molecule has 0 saturated carbocycles. The maximum Gasteiger partial charge on any atom is 0.323 e. The van der Waals surface area contributed by atoms with Crippen LogP contribution < -0.4 is 15.0 Å². The summed E-state index contributed by atoms with van der Waals surface area (Å²) in [5.41, 5.74) is 0.366. The number of hydrogen-bond donors (Lipinski definition) is 3. The summed E-state index contributed by atoms with van der Waals surface area (Å²) in [6, 6.07) is 4.83. The number of benzene rings is 1. The first-order valence-corrected chi connectivity index (χ1v) is 12.3. The van der Waals surface area contributed by atoms with Gasteiger partial charge in [0.15, 0.2) is 0 Å². The summed E-state index contributed by atoms with van der Waals surface area (Å²) in [7, 11) is 0. The molecule has 3 N–H and O–H groups in total. The van der Waals surface area contributed by atoms with Gasteiger partial charge in [-0.15, -0.1) is 0 Å². The molecule has 9 heteroatoms. The monoisotopic (exact) mass is 477 g/mol. The van der Waals surface area contributed by atoms with Gasteiger partial charge in [0.05, 0.1) is 5.69 Å². The zero-order valence-electron chi connectivity index (χ0n) is 20.4. The van der Waals surface area contributed by atoms with Gasteiger partial charge in [0.25, 0.3) is 0 Å². The van der Waals surface area contributed by atoms with Crippen LogP contribution >= 0.6 is 0 Å². The molecule has 1 amide bonds. The van der Waals surface area contributed by atoms with Crippen molar-refractivity contribution in [1.29, 1.82) is 0 Å². The molecule has 1 aromatic carbocycles. The van der Waals surface area contributed by atoms with E-state index < -0.39 is 36.5 Å². The molecular weight excluding hydrogens is 438 g/mol. The third-order valence-electron chi connectivity index (χ3n) is 5.99. The number of nitrogens with zero attached hydrogens (tertiary/aromatic N) is 2. The third-order valence-corrected chi connectivity index (χ3v) is 5.99. The quantitative estimate of drug-likeness (QED) is 0.311. The van der Waals surface area contributed by atoms with Crippen LogP contribution in [0.3, 0.4) is 0 Å². The number of fused-ring (bicyclic) bond motifs is 1. The largest absolute Gasteiger partial charge is 0.489 e. The van der Waals surface area contributed by atoms with Gasteiger partial charge in [-0.05, 0) is 57.5 Å². The van der Waals surface area contributed by atoms with Crippen LogP contribution in [0, 0.1) is 0 Å². The highest BCUT2D eigenvalue weighted by molar-refractivity contribution is 6.02. The van der Waals surface area contributed by atoms with Crippen molar-refractivity contribution in [3.05, 3.63) is 24.3 Å². The van der Waals surface area contributed by atoms with Crippen molar-refractivity contribution in [2.75, 3.05) is 37.7 Å². The van der Waals surface area contributed by atoms with Crippen LogP contribution in [0.4, 0.5) is 5.69 Å². The minimum atomic E-state index is -1.16. The first-order chi connectivity index (χ1) is 16.4. The third kappa shape index (κ3) is 8.61. The van der Waals surface area contributed by atoms with Crippen molar-refractivity contribution >= 4 is 23.5 Å². The zero-order chi connectivity index (χ0) is 24.9. The highest BCUT2D eigenvalue weighted by atomic mass is 16.5. The number of carboxylic acid groups (broad SMARTS) is 2. The predicted molar refractivity (Wildman–Crippen MR) is 130 cm³/mol. The van der Waals surface area contributed by atoms with Crippen LogP contribution in [0.5, 0.6) is 5.75 Å². The van der Waals surface area contributed by atoms with Crippen molar-refractivity contribution in [1.82, 2.24) is 10.2 Å². The topological polar surface area (TPSA) is 119 Å². The van der Waals surface area contributed by atoms with Crippen LogP contribution in [0.25, 0.3) is 0 Å². The average molecular weight is 478 g/mol. The number of nitrogens with one attached hydrogen (secondary N) is 1. The molecule has 1 aliphatic heterocycles. The van der Waals surface area contributed by atoms with Crippen LogP contribution in [0.1, 0.15) is 58.8 Å². The van der Waals surface area contributed by atoms with Gasteiger partial charge in [-0.1, -0.05) is 45.2 Å². The number of carbonyl (C=O) groups is 3. The van der Waals surface area contributed by atoms with E-state index in [4.69, 9.17) is 4.74 Å². The van der Waals surface area contributed by atoms with Gasteiger partial charge in [-0.3, -0.25) is 24.6 Å². The second kappa shape index (κ2) is 14.6. The van der Waals surface area contributed by atoms with E-state index in [0.29, 0.717) is 24.3 Å². The van der Waals surface area contributed by atoms with E-state index in [-0.39, 0.29) is 6.61 Å². The maximum absolute atomic E-state index is 13.1. The van der Waals surface area contributed by atoms with Crippen LogP contribution in [-0.4, -0.2) is 77.8 Å². The molecule has 0 fully saturated rings. The number of hydrogen-bond acceptors (Lipinski definition) is 6. The van der Waals surface area contributed by atoms with E-state index in [1.54, 1.807) is 24.3 Å². The molecule has 1 aromatic rings. The lowest BCUT2D eigenvalue weighted by molar-refractivity contribution is -0.141. The Labute approximate surface area is 202 Å². The Morgan fingerprint density at radius 3 is 2.35 bits per heavy atom. The summed E-state index contributed by atoms with van der Waals surface area (Å²) >= 11 is 0. The van der Waals surface area contributed by atoms with Crippen LogP contribution in [0.15, 0.2) is 24.3 Å². The van der Waals surface area contributed by atoms with E-state index in [1.807, 2.05) is 0 Å². The molecule has 0 saturated heterocycles. The number of amides is 1. The lowest BCUT2D eigenvalue weighted by atomic mass is 10.1. The minimum absolute atomic E-state index is 0.0719. The molecule has 1 unspecified atom stereocenters. The first-order valence-electron chi connectivity index (χ1n) is 12.3. The molecule has 1 heterocycles. The van der Waals surface area contributed by atoms with Crippen LogP contribution in [0.2, 0.25) is 0 Å². The van der Waals surface area contributed by atoms with Gasteiger partial charge >= 0.3 is 11.9 Å². The number of rotatable bonds is 16. The van der Waals surface area contributed by atoms with Crippen molar-refractivity contribution in [2.45, 2.75) is 70.9 Å². The number of unbranched alkanes of at least 4 members (excludes halogenated alkanes) is 3. The Morgan fingerprint density at radius 2 is 1.74 bits per heavy atom. The van der Waals surface area contributed by atoms with Gasteiger partial charge in [-0.2, -0.15) is 0 Å². The van der Waals surface area contributed by atoms with Crippen molar-refractivity contribution in [3.8, 4) is 5.75 Å². The number of carbonyl (C=O) groups excluding carboxylic acids is 1. The lowest BCUT2D eigenvalue weighted by Gasteiger charge is -2.26. The molecule has 0 radical (unpaired) electrons. The standard InChI is InChI=1S/C25H39N3O6/c1-3-5-14-27(15-6-4-2)16-10-9-11-19(25(32)33)26-20-18-34-22-13-8-7-12-21(22)28(24(20)31)17-23(29)30/h7-8,12-13,19-20,26H,3-6,9-11,14-18H2,1-2H3,(H,29,30)(H,32,33)/t19-,20?/m0/s1. The number of para-hydroxylation sites is 2. The SMILES string of the molecule is CCCCN(CCCC)CCCC[C@H](NC1COc2ccccc2N(CC(=O)O)C1=O)C(=O)O. The van der Waals surface area contributed by atoms with Gasteiger partial charge in [-0.25, -0.2) is 0 Å². The van der Waals surface area contributed by atoms with Crippen LogP contribution in [-0.2, 0) is 14.4 Å². The molecule has 9 nitrogen and oxygen atoms in total. The molecule has 34 heavy (non-hydrogen) atoms. The van der Waals surface area contributed by atoms with Gasteiger partial charge in [0.2, 0.25) is 5.91 Å². The minimum Gasteiger partial charge on any atom is -0.489 e. The van der Waals surface area contributed by atoms with Crippen molar-refractivity contribution < 1.29 is 29.3 Å². The van der Waals surface area contributed by atoms with E-state index in [1.165, 1.54) is 0 Å². The number of carboxylic acids is 2. The van der Waals surface area contributed by atoms with E-state index in [0.717, 1.165) is 56.6 Å². The Balaban J connectivity index is 1.98. The maximum atomic E-state index is 13.1. The predicted octanol–water partition coefficient (Wildman–Crippen LogP) is 2.98. The van der Waals surface area contributed by atoms with Crippen molar-refractivity contribution in [3.63, 3.8) is 0 Å². The normalized spacial score (nSPS) is 16.6. The highest BCUT2D eigenvalue weighted by Gasteiger charge is 2.35. The Bertz CT molecular complexity index is 795. The molecule has 190 valence electrons. The fraction of sp³-hybridized carbons (Fsp3) is 0.640. The molecule has 0 aliphatic carbocycles. The van der Waals surface area contributed by atoms with Gasteiger partial charge in [0, 0.05) is 0 Å². The summed E-state index contributed by atoms with van der Waals surface area (Å²) in [5.74, 6) is -2.31. The Morgan fingerprint density at radius 1 is 1.09 bits per heavy atom. The smallest absolute Gasteiger partial charge is 0.323 e. The molecular formula is C25H39N3O6. The molecule has 0 bridgehead atoms. The summed E-state index contributed by atoms with van der Waals surface area (Å²) in [4.78, 5) is 40.0. The number of ether oxygens (including phenoxy) is 1. The van der Waals surface area contributed by atoms with Gasteiger partial charge < -0.3 is 19.8 Å². The second-order valence-electron chi connectivity index (χ2n) is 8.75. The summed E-state index contributed by atoms with van der Waals surface area (Å²) in [6.07, 6.45) is 6.57. The fourth-order valence-corrected chi connectivity index (χ4v) is 4.07. The zero-order valence-corrected chi connectivity index (χ0v) is 20.4. The van der Waals surface area contributed by atoms with Gasteiger partial charge in [0.1, 0.15) is 31.0 Å². The summed E-state index contributed by atoms with van der Waals surface area (Å²) in [5, 5.41) is 22.0. The fourth-order valence-electron chi connectivity index (χ4n) is 4.07. The summed E-state index contributed by atoms with van der Waals surface area (Å²) < 4.78 is 5.74. The first kappa shape index (κ1) is 27.6. The highest BCUT2D eigenvalue weighted by Crippen LogP contribution is 2.31. The van der Waals surface area contributed by atoms with Crippen molar-refractivity contribution in [2.24, 2.45) is 0 Å². The lowest BCUT2D eigenvalue weighted by Crippen LogP contribution is -2.54. The van der Waals surface area contributed by atoms with E-state index >= 15 is 0 Å².